The third kappa shape index (κ3) is 2.16. The number of carbonyl (C=O) groups excluding carboxylic acids is 1. The van der Waals surface area contributed by atoms with Crippen LogP contribution in [0.2, 0.25) is 0 Å². The number of esters is 1. The van der Waals surface area contributed by atoms with Crippen molar-refractivity contribution in [2.24, 2.45) is 0 Å². The largest absolute Gasteiger partial charge is 0.506 e. The van der Waals surface area contributed by atoms with Crippen LogP contribution in [0.25, 0.3) is 0 Å². The van der Waals surface area contributed by atoms with E-state index in [0.29, 0.717) is 0 Å². The van der Waals surface area contributed by atoms with Gasteiger partial charge in [-0.3, -0.25) is 0 Å². The first-order valence-corrected chi connectivity index (χ1v) is 2.69. The van der Waals surface area contributed by atoms with Gasteiger partial charge in [0.15, 0.2) is 0 Å². The van der Waals surface area contributed by atoms with Crippen molar-refractivity contribution in [2.75, 3.05) is 7.11 Å². The molecule has 0 amide bonds. The zero-order valence-corrected chi connectivity index (χ0v) is 6.64. The summed E-state index contributed by atoms with van der Waals surface area (Å²) < 4.78 is 4.37. The summed E-state index contributed by atoms with van der Waals surface area (Å²) in [4.78, 5) is 13.2. The molecular weight excluding hydrogens is 170 g/mol. The summed E-state index contributed by atoms with van der Waals surface area (Å²) in [5.41, 5.74) is 0.250. The predicted molar refractivity (Wildman–Crippen MR) is 41.0 cm³/mol. The molecule has 1 aromatic rings. The lowest BCUT2D eigenvalue weighted by atomic mass is 10.4. The van der Waals surface area contributed by atoms with Crippen LogP contribution in [-0.4, -0.2) is 23.2 Å². The Bertz CT molecular complexity index is 246. The van der Waals surface area contributed by atoms with Gasteiger partial charge in [-0.25, -0.2) is 4.79 Å². The number of ether oxygens (including phenoxy) is 1. The van der Waals surface area contributed by atoms with E-state index in [1.165, 1.54) is 19.4 Å². The highest BCUT2D eigenvalue weighted by Crippen LogP contribution is 2.09. The molecule has 2 N–H and O–H groups in total. The van der Waals surface area contributed by atoms with E-state index >= 15 is 0 Å². The summed E-state index contributed by atoms with van der Waals surface area (Å²) >= 11 is 0. The summed E-state index contributed by atoms with van der Waals surface area (Å²) in [6, 6.07) is 1.30. The average Bonchev–Trinajstić information content (AvgIpc) is 2.34. The maximum Gasteiger partial charge on any atom is 0.354 e. The molecule has 0 saturated heterocycles. The van der Waals surface area contributed by atoms with Crippen molar-refractivity contribution in [1.29, 1.82) is 0 Å². The standard InChI is InChI=1S/C6H7NO3.ClH/c1-10-6(9)5-2-4(8)3-7-5;/h2-3,7-8H,1H3;1H. The molecule has 4 nitrogen and oxygen atoms in total. The van der Waals surface area contributed by atoms with Gasteiger partial charge in [-0.15, -0.1) is 12.4 Å². The zero-order chi connectivity index (χ0) is 7.56. The van der Waals surface area contributed by atoms with Gasteiger partial charge < -0.3 is 14.8 Å². The summed E-state index contributed by atoms with van der Waals surface area (Å²) in [7, 11) is 1.28. The van der Waals surface area contributed by atoms with Crippen molar-refractivity contribution in [3.8, 4) is 5.75 Å². The number of carbonyl (C=O) groups is 1. The molecular formula is C6H8ClNO3. The van der Waals surface area contributed by atoms with E-state index in [1.807, 2.05) is 0 Å². The van der Waals surface area contributed by atoms with Crippen LogP contribution in [0.1, 0.15) is 10.5 Å². The smallest absolute Gasteiger partial charge is 0.354 e. The summed E-state index contributed by atoms with van der Waals surface area (Å²) in [6.45, 7) is 0. The Morgan fingerprint density at radius 3 is 2.73 bits per heavy atom. The van der Waals surface area contributed by atoms with E-state index in [9.17, 15) is 4.79 Å². The van der Waals surface area contributed by atoms with E-state index in [-0.39, 0.29) is 23.9 Å². The van der Waals surface area contributed by atoms with Gasteiger partial charge in [-0.1, -0.05) is 0 Å². The number of aromatic amines is 1. The van der Waals surface area contributed by atoms with E-state index in [0.717, 1.165) is 0 Å². The van der Waals surface area contributed by atoms with Crippen LogP contribution in [0.4, 0.5) is 0 Å². The van der Waals surface area contributed by atoms with Crippen LogP contribution >= 0.6 is 12.4 Å². The zero-order valence-electron chi connectivity index (χ0n) is 5.83. The lowest BCUT2D eigenvalue weighted by Gasteiger charge is -1.91. The van der Waals surface area contributed by atoms with Gasteiger partial charge in [0.05, 0.1) is 7.11 Å². The second-order valence-electron chi connectivity index (χ2n) is 1.76. The van der Waals surface area contributed by atoms with Crippen molar-refractivity contribution in [3.05, 3.63) is 18.0 Å². The van der Waals surface area contributed by atoms with Gasteiger partial charge in [0.25, 0.3) is 0 Å². The van der Waals surface area contributed by atoms with Crippen molar-refractivity contribution in [2.45, 2.75) is 0 Å². The monoisotopic (exact) mass is 177 g/mol. The highest BCUT2D eigenvalue weighted by molar-refractivity contribution is 5.87. The Balaban J connectivity index is 0.000001000. The summed E-state index contributed by atoms with van der Waals surface area (Å²) in [6.07, 6.45) is 1.31. The number of methoxy groups -OCH3 is 1. The molecule has 0 bridgehead atoms. The minimum absolute atomic E-state index is 0. The van der Waals surface area contributed by atoms with E-state index in [4.69, 9.17) is 5.11 Å². The molecule has 0 unspecified atom stereocenters. The molecule has 0 saturated carbocycles. The van der Waals surface area contributed by atoms with Crippen LogP contribution in [0, 0.1) is 0 Å². The number of rotatable bonds is 1. The molecule has 0 fully saturated rings. The average molecular weight is 178 g/mol. The Morgan fingerprint density at radius 1 is 1.73 bits per heavy atom. The van der Waals surface area contributed by atoms with Gasteiger partial charge in [-0.05, 0) is 0 Å². The Labute approximate surface area is 69.6 Å². The second kappa shape index (κ2) is 3.88. The lowest BCUT2D eigenvalue weighted by Crippen LogP contribution is -2.00. The maximum absolute atomic E-state index is 10.7. The Morgan fingerprint density at radius 2 is 2.36 bits per heavy atom. The van der Waals surface area contributed by atoms with Crippen LogP contribution in [0.3, 0.4) is 0 Å². The highest BCUT2D eigenvalue weighted by Gasteiger charge is 2.06. The molecule has 11 heavy (non-hydrogen) atoms. The molecule has 0 radical (unpaired) electrons. The van der Waals surface area contributed by atoms with Crippen LogP contribution in [-0.2, 0) is 4.74 Å². The molecule has 5 heteroatoms. The number of aromatic nitrogens is 1. The molecule has 62 valence electrons. The fraction of sp³-hybridized carbons (Fsp3) is 0.167. The quantitative estimate of drug-likeness (QED) is 0.628. The third-order valence-electron chi connectivity index (χ3n) is 1.07. The predicted octanol–water partition coefficient (Wildman–Crippen LogP) is 0.929. The van der Waals surface area contributed by atoms with Crippen molar-refractivity contribution in [3.63, 3.8) is 0 Å². The fourth-order valence-corrected chi connectivity index (χ4v) is 0.611. The Hall–Kier alpha value is -1.16. The number of halogens is 1. The highest BCUT2D eigenvalue weighted by atomic mass is 35.5. The maximum atomic E-state index is 10.7. The molecule has 1 heterocycles. The topological polar surface area (TPSA) is 62.3 Å². The molecule has 0 aliphatic heterocycles. The van der Waals surface area contributed by atoms with Crippen LogP contribution in [0.5, 0.6) is 5.75 Å². The van der Waals surface area contributed by atoms with E-state index in [2.05, 4.69) is 9.72 Å². The number of hydrogen-bond acceptors (Lipinski definition) is 3. The van der Waals surface area contributed by atoms with Gasteiger partial charge in [-0.2, -0.15) is 0 Å². The number of aromatic hydroxyl groups is 1. The van der Waals surface area contributed by atoms with Gasteiger partial charge >= 0.3 is 5.97 Å². The molecule has 0 aliphatic rings. The first-order chi connectivity index (χ1) is 4.74. The molecule has 0 aromatic carbocycles. The van der Waals surface area contributed by atoms with Crippen molar-refractivity contribution in [1.82, 2.24) is 4.98 Å². The molecule has 1 rings (SSSR count). The molecule has 1 aromatic heterocycles. The number of nitrogens with one attached hydrogen (secondary N) is 1. The number of hydrogen-bond donors (Lipinski definition) is 2. The van der Waals surface area contributed by atoms with Gasteiger partial charge in [0, 0.05) is 12.3 Å². The second-order valence-corrected chi connectivity index (χ2v) is 1.76. The molecule has 0 spiro atoms. The van der Waals surface area contributed by atoms with Crippen LogP contribution in [0.15, 0.2) is 12.3 Å². The third-order valence-corrected chi connectivity index (χ3v) is 1.07. The number of H-pyrrole nitrogens is 1. The fourth-order valence-electron chi connectivity index (χ4n) is 0.611. The van der Waals surface area contributed by atoms with Crippen molar-refractivity contribution >= 4 is 18.4 Å². The van der Waals surface area contributed by atoms with Gasteiger partial charge in [0.1, 0.15) is 11.4 Å². The Kier molecular flexibility index (Phi) is 3.47. The molecule has 0 atom stereocenters. The normalized spacial score (nSPS) is 8.45. The van der Waals surface area contributed by atoms with Crippen molar-refractivity contribution < 1.29 is 14.6 Å². The summed E-state index contributed by atoms with van der Waals surface area (Å²) in [5.74, 6) is -0.458. The summed E-state index contributed by atoms with van der Waals surface area (Å²) in [5, 5.41) is 8.76. The van der Waals surface area contributed by atoms with E-state index in [1.54, 1.807) is 0 Å². The molecule has 0 aliphatic carbocycles. The minimum Gasteiger partial charge on any atom is -0.506 e. The van der Waals surface area contributed by atoms with Gasteiger partial charge in [0.2, 0.25) is 0 Å². The van der Waals surface area contributed by atoms with Crippen LogP contribution < -0.4 is 0 Å². The van der Waals surface area contributed by atoms with E-state index < -0.39 is 5.97 Å². The SMILES string of the molecule is COC(=O)c1cc(O)c[nH]1.Cl. The first kappa shape index (κ1) is 9.84. The minimum atomic E-state index is -0.486. The lowest BCUT2D eigenvalue weighted by molar-refractivity contribution is 0.0594. The first-order valence-electron chi connectivity index (χ1n) is 2.69.